The molecule has 2 atom stereocenters. The third-order valence-corrected chi connectivity index (χ3v) is 5.50. The maximum atomic E-state index is 14.4. The van der Waals surface area contributed by atoms with E-state index in [4.69, 9.17) is 4.74 Å². The van der Waals surface area contributed by atoms with Crippen molar-refractivity contribution in [3.63, 3.8) is 0 Å². The van der Waals surface area contributed by atoms with Crippen molar-refractivity contribution in [3.8, 4) is 0 Å². The number of anilines is 1. The van der Waals surface area contributed by atoms with Crippen LogP contribution in [0, 0.1) is 0 Å². The van der Waals surface area contributed by atoms with Gasteiger partial charge in [-0.3, -0.25) is 9.69 Å². The number of nitrogens with zero attached hydrogens (tertiary/aromatic N) is 2. The lowest BCUT2D eigenvalue weighted by Crippen LogP contribution is -2.59. The van der Waals surface area contributed by atoms with Crippen molar-refractivity contribution in [1.82, 2.24) is 4.98 Å². The average Bonchev–Trinajstić information content (AvgIpc) is 3.23. The summed E-state index contributed by atoms with van der Waals surface area (Å²) in [6.07, 6.45) is -5.50. The third-order valence-electron chi connectivity index (χ3n) is 5.50. The molecule has 0 fully saturated rings. The molecule has 166 valence electrons. The lowest BCUT2D eigenvalue weighted by atomic mass is 9.86. The number of aliphatic hydroxyl groups is 1. The molecule has 1 amide bonds. The number of halogens is 3. The van der Waals surface area contributed by atoms with Crippen LogP contribution in [0.1, 0.15) is 16.7 Å². The highest BCUT2D eigenvalue weighted by atomic mass is 19.4. The largest absolute Gasteiger partial charge is 0.424 e. The van der Waals surface area contributed by atoms with E-state index >= 15 is 0 Å². The molecule has 0 aliphatic carbocycles. The van der Waals surface area contributed by atoms with Crippen molar-refractivity contribution < 1.29 is 27.8 Å². The fraction of sp³-hybridized carbons (Fsp3) is 0.250. The molecule has 1 aliphatic rings. The van der Waals surface area contributed by atoms with Gasteiger partial charge in [0.1, 0.15) is 5.82 Å². The summed E-state index contributed by atoms with van der Waals surface area (Å²) in [5, 5.41) is 11.1. The molecule has 4 rings (SSSR count). The highest BCUT2D eigenvalue weighted by molar-refractivity contribution is 5.98. The summed E-state index contributed by atoms with van der Waals surface area (Å²) in [4.78, 5) is 18.8. The van der Waals surface area contributed by atoms with Gasteiger partial charge in [0, 0.05) is 12.7 Å². The van der Waals surface area contributed by atoms with Crippen LogP contribution in [0.3, 0.4) is 0 Å². The van der Waals surface area contributed by atoms with E-state index in [2.05, 4.69) is 4.98 Å². The molecule has 32 heavy (non-hydrogen) atoms. The molecular formula is C24H21F3N2O3. The maximum Gasteiger partial charge on any atom is 0.424 e. The van der Waals surface area contributed by atoms with Crippen molar-refractivity contribution in [3.05, 3.63) is 95.7 Å². The highest BCUT2D eigenvalue weighted by Crippen LogP contribution is 2.44. The van der Waals surface area contributed by atoms with Crippen molar-refractivity contribution in [1.29, 1.82) is 0 Å². The van der Waals surface area contributed by atoms with Crippen molar-refractivity contribution >= 4 is 11.7 Å². The summed E-state index contributed by atoms with van der Waals surface area (Å²) in [6, 6.07) is 18.5. The second-order valence-electron chi connectivity index (χ2n) is 7.53. The standard InChI is InChI=1S/C24H21F3N2O3/c25-24(26,27)23(31,19-11-5-2-6-12-19)20(32-16-17-8-3-1-4-9-17)22(30)29-15-13-18-10-7-14-28-21(18)29/h1-12,14,20,31H,13,15-16H2/t20-,23?/m0/s1. The Hall–Kier alpha value is -3.23. The smallest absolute Gasteiger partial charge is 0.374 e. The van der Waals surface area contributed by atoms with Gasteiger partial charge in [0.15, 0.2) is 6.10 Å². The summed E-state index contributed by atoms with van der Waals surface area (Å²) < 4.78 is 48.8. The number of fused-ring (bicyclic) bond motifs is 1. The molecule has 2 heterocycles. The van der Waals surface area contributed by atoms with Crippen LogP contribution in [0.4, 0.5) is 19.0 Å². The molecule has 8 heteroatoms. The lowest BCUT2D eigenvalue weighted by molar-refractivity contribution is -0.299. The van der Waals surface area contributed by atoms with Crippen molar-refractivity contribution in [2.75, 3.05) is 11.4 Å². The van der Waals surface area contributed by atoms with Gasteiger partial charge < -0.3 is 9.84 Å². The van der Waals surface area contributed by atoms with Gasteiger partial charge in [0.25, 0.3) is 5.91 Å². The van der Waals surface area contributed by atoms with Crippen LogP contribution < -0.4 is 4.90 Å². The molecule has 0 radical (unpaired) electrons. The number of carbonyl (C=O) groups excluding carboxylic acids is 1. The zero-order valence-electron chi connectivity index (χ0n) is 17.0. The molecule has 0 saturated carbocycles. The number of amides is 1. The number of alkyl halides is 3. The fourth-order valence-electron chi connectivity index (χ4n) is 3.84. The molecule has 0 spiro atoms. The van der Waals surface area contributed by atoms with Gasteiger partial charge in [0.2, 0.25) is 5.60 Å². The SMILES string of the molecule is O=C([C@H](OCc1ccccc1)C(O)(c1ccccc1)C(F)(F)F)N1CCc2cccnc21. The molecule has 0 saturated heterocycles. The van der Waals surface area contributed by atoms with E-state index in [9.17, 15) is 23.1 Å². The number of hydrogen-bond acceptors (Lipinski definition) is 4. The predicted octanol–water partition coefficient (Wildman–Crippen LogP) is 4.01. The number of ether oxygens (including phenoxy) is 1. The predicted molar refractivity (Wildman–Crippen MR) is 112 cm³/mol. The van der Waals surface area contributed by atoms with E-state index in [0.29, 0.717) is 12.0 Å². The van der Waals surface area contributed by atoms with Crippen LogP contribution in [-0.2, 0) is 28.2 Å². The normalized spacial score (nSPS) is 16.3. The lowest BCUT2D eigenvalue weighted by Gasteiger charge is -2.38. The minimum Gasteiger partial charge on any atom is -0.374 e. The Balaban J connectivity index is 1.77. The van der Waals surface area contributed by atoms with Crippen molar-refractivity contribution in [2.45, 2.75) is 30.9 Å². The molecular weight excluding hydrogens is 421 g/mol. The molecule has 1 aromatic heterocycles. The van der Waals surface area contributed by atoms with E-state index in [1.807, 2.05) is 0 Å². The Bertz CT molecular complexity index is 1080. The first-order valence-electron chi connectivity index (χ1n) is 10.1. The van der Waals surface area contributed by atoms with Crippen LogP contribution >= 0.6 is 0 Å². The summed E-state index contributed by atoms with van der Waals surface area (Å²) in [5.41, 5.74) is -2.71. The topological polar surface area (TPSA) is 62.7 Å². The highest BCUT2D eigenvalue weighted by Gasteiger charge is 2.63. The molecule has 1 aliphatic heterocycles. The van der Waals surface area contributed by atoms with E-state index in [0.717, 1.165) is 22.6 Å². The van der Waals surface area contributed by atoms with E-state index in [-0.39, 0.29) is 19.0 Å². The third kappa shape index (κ3) is 3.99. The quantitative estimate of drug-likeness (QED) is 0.627. The first-order valence-corrected chi connectivity index (χ1v) is 10.1. The van der Waals surface area contributed by atoms with Gasteiger partial charge in [-0.15, -0.1) is 0 Å². The average molecular weight is 442 g/mol. The zero-order valence-corrected chi connectivity index (χ0v) is 17.0. The second kappa shape index (κ2) is 8.72. The first kappa shape index (κ1) is 22.0. The number of pyridine rings is 1. The molecule has 2 aromatic carbocycles. The van der Waals surface area contributed by atoms with Crippen molar-refractivity contribution in [2.24, 2.45) is 0 Å². The summed E-state index contributed by atoms with van der Waals surface area (Å²) in [6.45, 7) is -0.134. The van der Waals surface area contributed by atoms with Gasteiger partial charge >= 0.3 is 6.18 Å². The fourth-order valence-corrected chi connectivity index (χ4v) is 3.84. The maximum absolute atomic E-state index is 14.4. The zero-order chi connectivity index (χ0) is 22.8. The molecule has 1 unspecified atom stereocenters. The molecule has 0 bridgehead atoms. The van der Waals surface area contributed by atoms with Crippen LogP contribution in [0.25, 0.3) is 0 Å². The summed E-state index contributed by atoms with van der Waals surface area (Å²) >= 11 is 0. The Kier molecular flexibility index (Phi) is 5.99. The second-order valence-corrected chi connectivity index (χ2v) is 7.53. The Morgan fingerprint density at radius 2 is 1.69 bits per heavy atom. The Morgan fingerprint density at radius 1 is 1.03 bits per heavy atom. The number of benzene rings is 2. The monoisotopic (exact) mass is 442 g/mol. The van der Waals surface area contributed by atoms with E-state index < -0.39 is 29.4 Å². The van der Waals surface area contributed by atoms with Crippen LogP contribution in [0.2, 0.25) is 0 Å². The minimum atomic E-state index is -5.18. The summed E-state index contributed by atoms with van der Waals surface area (Å²) in [7, 11) is 0. The Labute approximate surface area is 183 Å². The number of aromatic nitrogens is 1. The molecule has 1 N–H and O–H groups in total. The van der Waals surface area contributed by atoms with E-state index in [1.165, 1.54) is 24.4 Å². The summed E-state index contributed by atoms with van der Waals surface area (Å²) in [5.74, 6) is -0.717. The van der Waals surface area contributed by atoms with Gasteiger partial charge in [-0.05, 0) is 29.2 Å². The van der Waals surface area contributed by atoms with Gasteiger partial charge in [-0.2, -0.15) is 13.2 Å². The molecule has 3 aromatic rings. The van der Waals surface area contributed by atoms with Gasteiger partial charge in [-0.25, -0.2) is 4.98 Å². The number of rotatable bonds is 6. The number of hydrogen-bond donors (Lipinski definition) is 1. The number of carbonyl (C=O) groups is 1. The van der Waals surface area contributed by atoms with Gasteiger partial charge in [-0.1, -0.05) is 66.7 Å². The first-order chi connectivity index (χ1) is 15.3. The van der Waals surface area contributed by atoms with Crippen LogP contribution in [0.5, 0.6) is 0 Å². The van der Waals surface area contributed by atoms with Crippen LogP contribution in [0.15, 0.2) is 79.0 Å². The van der Waals surface area contributed by atoms with Crippen LogP contribution in [-0.4, -0.2) is 34.8 Å². The van der Waals surface area contributed by atoms with Gasteiger partial charge in [0.05, 0.1) is 6.61 Å². The minimum absolute atomic E-state index is 0.152. The molecule has 5 nitrogen and oxygen atoms in total. The van der Waals surface area contributed by atoms with E-state index in [1.54, 1.807) is 42.5 Å². The Morgan fingerprint density at radius 3 is 2.34 bits per heavy atom.